The molecule has 1 aliphatic heterocycles. The van der Waals surface area contributed by atoms with Crippen molar-refractivity contribution < 1.29 is 14.6 Å². The fraction of sp³-hybridized carbons (Fsp3) is 0.250. The maximum Gasteiger partial charge on any atom is 0.225 e. The van der Waals surface area contributed by atoms with E-state index < -0.39 is 6.10 Å². The first-order valence-electron chi connectivity index (χ1n) is 5.01. The van der Waals surface area contributed by atoms with Crippen LogP contribution in [0, 0.1) is 0 Å². The fourth-order valence-electron chi connectivity index (χ4n) is 1.37. The summed E-state index contributed by atoms with van der Waals surface area (Å²) in [4.78, 5) is 22.6. The number of carbonyl (C=O) groups excluding carboxylic acids is 1. The number of carbonyl (C=O) groups is 1. The van der Waals surface area contributed by atoms with E-state index in [1.807, 2.05) is 30.3 Å². The van der Waals surface area contributed by atoms with E-state index in [9.17, 15) is 4.79 Å². The van der Waals surface area contributed by atoms with Crippen LogP contribution in [0.25, 0.3) is 0 Å². The van der Waals surface area contributed by atoms with Crippen LogP contribution in [0.2, 0.25) is 0 Å². The van der Waals surface area contributed by atoms with Gasteiger partial charge in [-0.2, -0.15) is 0 Å². The van der Waals surface area contributed by atoms with Gasteiger partial charge in [0.25, 0.3) is 0 Å². The number of benzene rings is 1. The zero-order chi connectivity index (χ0) is 11.4. The van der Waals surface area contributed by atoms with E-state index in [-0.39, 0.29) is 11.2 Å². The van der Waals surface area contributed by atoms with Gasteiger partial charge in [-0.15, -0.1) is 6.58 Å². The maximum absolute atomic E-state index is 11.8. The van der Waals surface area contributed by atoms with Crippen LogP contribution < -0.4 is 0 Å². The third-order valence-electron chi connectivity index (χ3n) is 2.23. The lowest BCUT2D eigenvalue weighted by atomic mass is 10.2. The van der Waals surface area contributed by atoms with Crippen LogP contribution >= 0.6 is 11.8 Å². The first-order chi connectivity index (χ1) is 7.79. The Hall–Kier alpha value is -1.10. The molecule has 1 aliphatic rings. The molecule has 16 heavy (non-hydrogen) atoms. The summed E-state index contributed by atoms with van der Waals surface area (Å²) < 4.78 is 0. The van der Waals surface area contributed by atoms with Crippen LogP contribution in [0.15, 0.2) is 47.9 Å². The molecule has 2 atom stereocenters. The predicted octanol–water partition coefficient (Wildman–Crippen LogP) is 2.58. The minimum Gasteiger partial charge on any atom is -0.284 e. The molecule has 0 spiro atoms. The SMILES string of the molecule is C=C[C@@H]1C[C@H](C(=O)Sc2ccccc2)OO1. The van der Waals surface area contributed by atoms with E-state index in [0.29, 0.717) is 6.42 Å². The number of rotatable bonds is 3. The quantitative estimate of drug-likeness (QED) is 0.459. The molecule has 0 aromatic heterocycles. The summed E-state index contributed by atoms with van der Waals surface area (Å²) in [6.45, 7) is 3.60. The van der Waals surface area contributed by atoms with Gasteiger partial charge in [0.2, 0.25) is 5.12 Å². The van der Waals surface area contributed by atoms with E-state index in [4.69, 9.17) is 9.78 Å². The third-order valence-corrected chi connectivity index (χ3v) is 3.20. The van der Waals surface area contributed by atoms with E-state index in [1.165, 1.54) is 11.8 Å². The summed E-state index contributed by atoms with van der Waals surface area (Å²) in [6, 6.07) is 9.49. The van der Waals surface area contributed by atoms with Crippen LogP contribution in [-0.4, -0.2) is 17.3 Å². The maximum atomic E-state index is 11.8. The molecule has 1 aromatic rings. The number of hydrogen-bond acceptors (Lipinski definition) is 4. The standard InChI is InChI=1S/C12H12O3S/c1-2-9-8-11(15-14-9)12(13)16-10-6-4-3-5-7-10/h2-7,9,11H,1,8H2/t9-,11-/m1/s1. The molecule has 0 aliphatic carbocycles. The molecule has 4 heteroatoms. The van der Waals surface area contributed by atoms with E-state index >= 15 is 0 Å². The average molecular weight is 236 g/mol. The first-order valence-corrected chi connectivity index (χ1v) is 5.82. The van der Waals surface area contributed by atoms with E-state index in [2.05, 4.69) is 6.58 Å². The van der Waals surface area contributed by atoms with Crippen molar-refractivity contribution in [2.75, 3.05) is 0 Å². The normalized spacial score (nSPS) is 24.2. The van der Waals surface area contributed by atoms with Crippen molar-refractivity contribution in [1.82, 2.24) is 0 Å². The summed E-state index contributed by atoms with van der Waals surface area (Å²) >= 11 is 1.18. The van der Waals surface area contributed by atoms with Gasteiger partial charge in [0.05, 0.1) is 0 Å². The predicted molar refractivity (Wildman–Crippen MR) is 61.9 cm³/mol. The van der Waals surface area contributed by atoms with Crippen molar-refractivity contribution in [3.05, 3.63) is 43.0 Å². The summed E-state index contributed by atoms with van der Waals surface area (Å²) in [6.07, 6.45) is 1.52. The van der Waals surface area contributed by atoms with Gasteiger partial charge in [-0.1, -0.05) is 24.3 Å². The Morgan fingerprint density at radius 2 is 2.12 bits per heavy atom. The smallest absolute Gasteiger partial charge is 0.225 e. The van der Waals surface area contributed by atoms with Crippen molar-refractivity contribution in [1.29, 1.82) is 0 Å². The molecule has 1 fully saturated rings. The lowest BCUT2D eigenvalue weighted by Gasteiger charge is -2.04. The zero-order valence-electron chi connectivity index (χ0n) is 8.67. The van der Waals surface area contributed by atoms with Gasteiger partial charge in [-0.05, 0) is 23.9 Å². The Bertz CT molecular complexity index is 377. The van der Waals surface area contributed by atoms with Gasteiger partial charge in [0, 0.05) is 11.3 Å². The lowest BCUT2D eigenvalue weighted by molar-refractivity contribution is -0.281. The molecule has 0 saturated carbocycles. The van der Waals surface area contributed by atoms with E-state index in [0.717, 1.165) is 4.90 Å². The summed E-state index contributed by atoms with van der Waals surface area (Å²) in [7, 11) is 0. The summed E-state index contributed by atoms with van der Waals surface area (Å²) in [5, 5.41) is -0.0319. The molecule has 0 radical (unpaired) electrons. The van der Waals surface area contributed by atoms with Gasteiger partial charge in [-0.3, -0.25) is 4.79 Å². The van der Waals surface area contributed by atoms with Gasteiger partial charge < -0.3 is 0 Å². The van der Waals surface area contributed by atoms with Crippen LogP contribution in [0.5, 0.6) is 0 Å². The van der Waals surface area contributed by atoms with Gasteiger partial charge in [0.15, 0.2) is 6.10 Å². The Kier molecular flexibility index (Phi) is 3.77. The minimum atomic E-state index is -0.492. The molecular weight excluding hydrogens is 224 g/mol. The van der Waals surface area contributed by atoms with Crippen LogP contribution in [-0.2, 0) is 14.6 Å². The molecule has 0 N–H and O–H groups in total. The van der Waals surface area contributed by atoms with Crippen molar-refractivity contribution in [2.45, 2.75) is 23.5 Å². The monoisotopic (exact) mass is 236 g/mol. The third kappa shape index (κ3) is 2.72. The Morgan fingerprint density at radius 3 is 2.75 bits per heavy atom. The summed E-state index contributed by atoms with van der Waals surface area (Å²) in [5.41, 5.74) is 0. The topological polar surface area (TPSA) is 35.5 Å². The second-order valence-electron chi connectivity index (χ2n) is 3.43. The highest BCUT2D eigenvalue weighted by Crippen LogP contribution is 2.26. The van der Waals surface area contributed by atoms with Crippen LogP contribution in [0.4, 0.5) is 0 Å². The molecule has 1 saturated heterocycles. The highest BCUT2D eigenvalue weighted by atomic mass is 32.2. The van der Waals surface area contributed by atoms with Crippen LogP contribution in [0.3, 0.4) is 0 Å². The minimum absolute atomic E-state index is 0.0319. The number of thioether (sulfide) groups is 1. The molecule has 0 amide bonds. The highest BCUT2D eigenvalue weighted by molar-refractivity contribution is 8.13. The van der Waals surface area contributed by atoms with Crippen molar-refractivity contribution >= 4 is 16.9 Å². The molecule has 3 nitrogen and oxygen atoms in total. The van der Waals surface area contributed by atoms with Crippen molar-refractivity contribution in [3.8, 4) is 0 Å². The Balaban J connectivity index is 1.92. The first kappa shape index (κ1) is 11.4. The molecule has 1 heterocycles. The van der Waals surface area contributed by atoms with Gasteiger partial charge in [-0.25, -0.2) is 9.78 Å². The highest BCUT2D eigenvalue weighted by Gasteiger charge is 2.31. The molecule has 0 bridgehead atoms. The molecule has 2 rings (SSSR count). The summed E-state index contributed by atoms with van der Waals surface area (Å²) in [5.74, 6) is 0. The zero-order valence-corrected chi connectivity index (χ0v) is 9.48. The van der Waals surface area contributed by atoms with Gasteiger partial charge >= 0.3 is 0 Å². The Morgan fingerprint density at radius 1 is 1.38 bits per heavy atom. The van der Waals surface area contributed by atoms with Crippen molar-refractivity contribution in [2.24, 2.45) is 0 Å². The molecule has 84 valence electrons. The second kappa shape index (κ2) is 5.30. The Labute approximate surface area is 98.4 Å². The average Bonchev–Trinajstić information content (AvgIpc) is 2.79. The molecule has 0 unspecified atom stereocenters. The molecular formula is C12H12O3S. The fourth-order valence-corrected chi connectivity index (χ4v) is 2.16. The molecule has 1 aromatic carbocycles. The lowest BCUT2D eigenvalue weighted by Crippen LogP contribution is -2.16. The van der Waals surface area contributed by atoms with Gasteiger partial charge in [0.1, 0.15) is 6.10 Å². The van der Waals surface area contributed by atoms with E-state index in [1.54, 1.807) is 6.08 Å². The largest absolute Gasteiger partial charge is 0.284 e. The number of hydrogen-bond donors (Lipinski definition) is 0. The van der Waals surface area contributed by atoms with Crippen molar-refractivity contribution in [3.63, 3.8) is 0 Å². The van der Waals surface area contributed by atoms with Crippen LogP contribution in [0.1, 0.15) is 6.42 Å². The second-order valence-corrected chi connectivity index (χ2v) is 4.50.